The van der Waals surface area contributed by atoms with Crippen molar-refractivity contribution in [2.45, 2.75) is 52.4 Å². The van der Waals surface area contributed by atoms with Crippen LogP contribution in [0.5, 0.6) is 0 Å². The van der Waals surface area contributed by atoms with Crippen molar-refractivity contribution in [3.63, 3.8) is 0 Å². The first-order chi connectivity index (χ1) is 30.0. The predicted molar refractivity (Wildman–Crippen MR) is 260 cm³/mol. The van der Waals surface area contributed by atoms with Crippen LogP contribution in [0.1, 0.15) is 52.7 Å². The average molecular weight is 802 g/mol. The number of benzene rings is 8. The second-order valence-electron chi connectivity index (χ2n) is 19.2. The molecule has 0 unspecified atom stereocenters. The van der Waals surface area contributed by atoms with E-state index in [0.29, 0.717) is 0 Å². The second kappa shape index (κ2) is 12.2. The highest BCUT2D eigenvalue weighted by Crippen LogP contribution is 2.45. The van der Waals surface area contributed by atoms with Gasteiger partial charge in [0.1, 0.15) is 33.5 Å². The molecule has 1 aliphatic rings. The molecule has 6 heteroatoms. The molecule has 8 aromatic carbocycles. The van der Waals surface area contributed by atoms with Crippen molar-refractivity contribution in [1.82, 2.24) is 4.57 Å². The molecular formula is C56H42BN2O3. The smallest absolute Gasteiger partial charge is 0.198 e. The van der Waals surface area contributed by atoms with Crippen LogP contribution in [0.3, 0.4) is 0 Å². The average Bonchev–Trinajstić information content (AvgIpc) is 4.01. The van der Waals surface area contributed by atoms with Crippen LogP contribution in [0.25, 0.3) is 104 Å². The SMILES string of the molecule is CC(C)(C)c1ccc(Nc2cc3oc4cc(C(C)(C)C)ccc4c3cc2-c2ccc3c4c5c(ccc4n4c3c2[B]c2cc3oc6ccccc6c3cc2-4)oc2ccccc25)cc1. The van der Waals surface area contributed by atoms with Crippen LogP contribution < -0.4 is 16.2 Å². The molecule has 0 spiro atoms. The summed E-state index contributed by atoms with van der Waals surface area (Å²) in [5, 5.41) is 12.9. The van der Waals surface area contributed by atoms with E-state index in [4.69, 9.17) is 13.3 Å². The van der Waals surface area contributed by atoms with Gasteiger partial charge < -0.3 is 23.1 Å². The van der Waals surface area contributed by atoms with E-state index in [9.17, 15) is 0 Å². The molecule has 0 atom stereocenters. The van der Waals surface area contributed by atoms with Gasteiger partial charge in [0.2, 0.25) is 0 Å². The maximum Gasteiger partial charge on any atom is 0.198 e. The van der Waals surface area contributed by atoms with Crippen molar-refractivity contribution in [2.24, 2.45) is 0 Å². The van der Waals surface area contributed by atoms with Crippen LogP contribution in [0.15, 0.2) is 153 Å². The Bertz CT molecular complexity index is 3880. The van der Waals surface area contributed by atoms with Crippen molar-refractivity contribution in [1.29, 1.82) is 0 Å². The number of aromatic nitrogens is 1. The van der Waals surface area contributed by atoms with Gasteiger partial charge in [-0.1, -0.05) is 120 Å². The number of rotatable bonds is 3. The van der Waals surface area contributed by atoms with E-state index in [1.54, 1.807) is 0 Å². The summed E-state index contributed by atoms with van der Waals surface area (Å²) < 4.78 is 22.2. The predicted octanol–water partition coefficient (Wildman–Crippen LogP) is 14.5. The van der Waals surface area contributed by atoms with Crippen molar-refractivity contribution in [3.8, 4) is 16.8 Å². The number of furan rings is 3. The van der Waals surface area contributed by atoms with Gasteiger partial charge >= 0.3 is 0 Å². The van der Waals surface area contributed by atoms with E-state index in [1.165, 1.54) is 27.4 Å². The van der Waals surface area contributed by atoms with Gasteiger partial charge in [0, 0.05) is 71.6 Å². The third kappa shape index (κ3) is 5.04. The Morgan fingerprint density at radius 2 is 1.10 bits per heavy atom. The lowest BCUT2D eigenvalue weighted by atomic mass is 9.59. The molecule has 5 nitrogen and oxygen atoms in total. The summed E-state index contributed by atoms with van der Waals surface area (Å²) in [5.41, 5.74) is 17.8. The van der Waals surface area contributed by atoms with E-state index in [-0.39, 0.29) is 10.8 Å². The fraction of sp³-hybridized carbons (Fsp3) is 0.143. The third-order valence-electron chi connectivity index (χ3n) is 13.3. The molecule has 0 bridgehead atoms. The van der Waals surface area contributed by atoms with Gasteiger partial charge in [-0.2, -0.15) is 0 Å². The number of nitrogens with one attached hydrogen (secondary N) is 1. The zero-order chi connectivity index (χ0) is 41.8. The van der Waals surface area contributed by atoms with Crippen molar-refractivity contribution >= 4 is 117 Å². The molecule has 1 aliphatic heterocycles. The van der Waals surface area contributed by atoms with Gasteiger partial charge in [-0.05, 0) is 93.6 Å². The van der Waals surface area contributed by atoms with E-state index in [1.807, 2.05) is 12.1 Å². The van der Waals surface area contributed by atoms with Crippen molar-refractivity contribution in [3.05, 3.63) is 151 Å². The Balaban J connectivity index is 1.12. The van der Waals surface area contributed by atoms with E-state index >= 15 is 0 Å². The summed E-state index contributed by atoms with van der Waals surface area (Å²) in [6.07, 6.45) is 0. The van der Waals surface area contributed by atoms with Crippen LogP contribution in [-0.2, 0) is 10.8 Å². The van der Waals surface area contributed by atoms with Gasteiger partial charge in [-0.3, -0.25) is 0 Å². The molecule has 13 rings (SSSR count). The molecule has 0 saturated heterocycles. The highest BCUT2D eigenvalue weighted by Gasteiger charge is 2.30. The van der Waals surface area contributed by atoms with Gasteiger partial charge in [0.25, 0.3) is 0 Å². The fourth-order valence-electron chi connectivity index (χ4n) is 10.1. The Morgan fingerprint density at radius 3 is 1.89 bits per heavy atom. The van der Waals surface area contributed by atoms with Crippen LogP contribution >= 0.6 is 0 Å². The molecular weight excluding hydrogens is 759 g/mol. The number of anilines is 2. The molecule has 0 aliphatic carbocycles. The maximum absolute atomic E-state index is 6.73. The molecule has 62 heavy (non-hydrogen) atoms. The Kier molecular flexibility index (Phi) is 7.02. The van der Waals surface area contributed by atoms with Gasteiger partial charge in [-0.15, -0.1) is 0 Å². The second-order valence-corrected chi connectivity index (χ2v) is 19.2. The van der Waals surface area contributed by atoms with Gasteiger partial charge in [0.15, 0.2) is 7.28 Å². The minimum Gasteiger partial charge on any atom is -0.456 e. The number of fused-ring (bicyclic) bond motifs is 15. The van der Waals surface area contributed by atoms with Crippen molar-refractivity contribution < 1.29 is 13.3 Å². The number of nitrogens with zero attached hydrogens (tertiary/aromatic N) is 1. The topological polar surface area (TPSA) is 56.4 Å². The molecule has 0 amide bonds. The summed E-state index contributed by atoms with van der Waals surface area (Å²) in [6.45, 7) is 13.5. The molecule has 5 heterocycles. The molecule has 1 N–H and O–H groups in total. The molecule has 4 aromatic heterocycles. The summed E-state index contributed by atoms with van der Waals surface area (Å²) in [5.74, 6) is 0. The van der Waals surface area contributed by atoms with Gasteiger partial charge in [-0.25, -0.2) is 0 Å². The summed E-state index contributed by atoms with van der Waals surface area (Å²) >= 11 is 0. The molecule has 1 radical (unpaired) electrons. The largest absolute Gasteiger partial charge is 0.456 e. The first-order valence-corrected chi connectivity index (χ1v) is 21.6. The lowest BCUT2D eigenvalue weighted by Gasteiger charge is -2.24. The monoisotopic (exact) mass is 801 g/mol. The Morgan fingerprint density at radius 1 is 0.468 bits per heavy atom. The van der Waals surface area contributed by atoms with Crippen LogP contribution in [0, 0.1) is 0 Å². The first-order valence-electron chi connectivity index (χ1n) is 21.6. The lowest BCUT2D eigenvalue weighted by Crippen LogP contribution is -2.37. The highest BCUT2D eigenvalue weighted by atomic mass is 16.3. The minimum atomic E-state index is -0.00478. The van der Waals surface area contributed by atoms with Crippen molar-refractivity contribution in [2.75, 3.05) is 5.32 Å². The van der Waals surface area contributed by atoms with Crippen LogP contribution in [0.2, 0.25) is 0 Å². The van der Waals surface area contributed by atoms with E-state index < -0.39 is 0 Å². The Hall–Kier alpha value is -7.18. The zero-order valence-corrected chi connectivity index (χ0v) is 35.5. The normalized spacial score (nSPS) is 13.1. The molecule has 0 saturated carbocycles. The zero-order valence-electron chi connectivity index (χ0n) is 35.5. The summed E-state index contributed by atoms with van der Waals surface area (Å²) in [7, 11) is 2.37. The molecule has 297 valence electrons. The van der Waals surface area contributed by atoms with E-state index in [2.05, 4.69) is 186 Å². The Labute approximate surface area is 358 Å². The summed E-state index contributed by atoms with van der Waals surface area (Å²) in [6, 6.07) is 50.4. The highest BCUT2D eigenvalue weighted by molar-refractivity contribution is 6.74. The number of para-hydroxylation sites is 2. The fourth-order valence-corrected chi connectivity index (χ4v) is 10.1. The van der Waals surface area contributed by atoms with Gasteiger partial charge in [0.05, 0.1) is 11.2 Å². The first kappa shape index (κ1) is 35.6. The molecule has 12 aromatic rings. The number of hydrogen-bond acceptors (Lipinski definition) is 4. The number of hydrogen-bond donors (Lipinski definition) is 1. The third-order valence-corrected chi connectivity index (χ3v) is 13.3. The lowest BCUT2D eigenvalue weighted by molar-refractivity contribution is 0.587. The van der Waals surface area contributed by atoms with E-state index in [0.717, 1.165) is 110 Å². The maximum atomic E-state index is 6.73. The van der Waals surface area contributed by atoms with Crippen LogP contribution in [0.4, 0.5) is 11.4 Å². The van der Waals surface area contributed by atoms with Crippen LogP contribution in [-0.4, -0.2) is 11.8 Å². The molecule has 0 fully saturated rings. The minimum absolute atomic E-state index is 0.00478. The standard InChI is InChI=1S/C56H42BN2O3/c1-55(2,3)30-15-18-32(19-16-30)58-42-29-50-39(34-20-17-31(56(4,5)6)25-48(34)62-50)26-38(42)35-21-22-37-51-43(23-24-47-52(51)36-12-8-10-14-46(36)60-47)59-44-27-40-33-11-7-9-13-45(33)61-49(40)28-41(44)57-53(35)54(37)59/h7-29,58H,1-6H3. The summed E-state index contributed by atoms with van der Waals surface area (Å²) in [4.78, 5) is 0. The quantitative estimate of drug-likeness (QED) is 0.181.